The Kier molecular flexibility index (Phi) is 3.20. The highest BCUT2D eigenvalue weighted by Crippen LogP contribution is 2.60. The number of aromatic nitrogens is 1. The fourth-order valence-electron chi connectivity index (χ4n) is 4.09. The molecule has 1 heterocycles. The van der Waals surface area contributed by atoms with Crippen LogP contribution < -0.4 is 5.73 Å². The summed E-state index contributed by atoms with van der Waals surface area (Å²) >= 11 is 3.41. The third kappa shape index (κ3) is 1.82. The Bertz CT molecular complexity index is 453. The molecular formula is C14H19BrN2O. The maximum atomic E-state index is 10.8. The highest BCUT2D eigenvalue weighted by atomic mass is 79.9. The van der Waals surface area contributed by atoms with E-state index in [0.29, 0.717) is 12.5 Å². The molecule has 3 nitrogen and oxygen atoms in total. The van der Waals surface area contributed by atoms with Crippen molar-refractivity contribution in [3.63, 3.8) is 0 Å². The SMILES string of the molecule is NCC1(C(O)c2cncc(Br)c2)CC2CCC1C2. The second-order valence-corrected chi connectivity index (χ2v) is 6.77. The Morgan fingerprint density at radius 3 is 2.89 bits per heavy atom. The molecule has 2 saturated carbocycles. The van der Waals surface area contributed by atoms with Crippen molar-refractivity contribution in [1.29, 1.82) is 0 Å². The molecule has 1 aromatic rings. The van der Waals surface area contributed by atoms with Crippen LogP contribution in [-0.2, 0) is 0 Å². The first kappa shape index (κ1) is 12.6. The minimum Gasteiger partial charge on any atom is -0.388 e. The zero-order valence-electron chi connectivity index (χ0n) is 10.3. The highest BCUT2D eigenvalue weighted by molar-refractivity contribution is 9.10. The molecule has 0 aromatic carbocycles. The lowest BCUT2D eigenvalue weighted by molar-refractivity contribution is -0.0132. The van der Waals surface area contributed by atoms with Crippen LogP contribution in [0.5, 0.6) is 0 Å². The highest BCUT2D eigenvalue weighted by Gasteiger charge is 2.54. The van der Waals surface area contributed by atoms with Crippen LogP contribution in [0, 0.1) is 17.3 Å². The molecule has 2 aliphatic carbocycles. The molecule has 2 aliphatic rings. The average molecular weight is 311 g/mol. The summed E-state index contributed by atoms with van der Waals surface area (Å²) in [6, 6.07) is 1.96. The molecule has 2 bridgehead atoms. The molecule has 0 radical (unpaired) electrons. The number of pyridine rings is 1. The van der Waals surface area contributed by atoms with E-state index in [1.807, 2.05) is 6.07 Å². The standard InChI is InChI=1S/C14H19BrN2O/c15-12-4-10(6-17-7-12)13(18)14(8-16)5-9-1-2-11(14)3-9/h4,6-7,9,11,13,18H,1-3,5,8,16H2. The predicted octanol–water partition coefficient (Wildman–Crippen LogP) is 2.64. The Balaban J connectivity index is 1.93. The van der Waals surface area contributed by atoms with Gasteiger partial charge in [0.15, 0.2) is 0 Å². The van der Waals surface area contributed by atoms with Crippen molar-refractivity contribution < 1.29 is 5.11 Å². The number of nitrogens with zero attached hydrogens (tertiary/aromatic N) is 1. The van der Waals surface area contributed by atoms with Crippen LogP contribution in [-0.4, -0.2) is 16.6 Å². The molecular weight excluding hydrogens is 292 g/mol. The third-order valence-electron chi connectivity index (χ3n) is 4.99. The van der Waals surface area contributed by atoms with E-state index in [9.17, 15) is 5.11 Å². The van der Waals surface area contributed by atoms with Gasteiger partial charge in [-0.1, -0.05) is 6.42 Å². The van der Waals surface area contributed by atoms with Crippen LogP contribution in [0.1, 0.15) is 37.4 Å². The second-order valence-electron chi connectivity index (χ2n) is 5.86. The van der Waals surface area contributed by atoms with Crippen molar-refractivity contribution in [3.05, 3.63) is 28.5 Å². The zero-order chi connectivity index (χ0) is 12.8. The van der Waals surface area contributed by atoms with Crippen LogP contribution in [0.15, 0.2) is 22.9 Å². The van der Waals surface area contributed by atoms with Gasteiger partial charge >= 0.3 is 0 Å². The maximum absolute atomic E-state index is 10.8. The maximum Gasteiger partial charge on any atom is 0.0876 e. The van der Waals surface area contributed by atoms with Gasteiger partial charge in [-0.05, 0) is 53.1 Å². The fourth-order valence-corrected chi connectivity index (χ4v) is 4.48. The Hall–Kier alpha value is -0.450. The molecule has 0 aliphatic heterocycles. The van der Waals surface area contributed by atoms with Gasteiger partial charge in [-0.25, -0.2) is 0 Å². The molecule has 18 heavy (non-hydrogen) atoms. The lowest BCUT2D eigenvalue weighted by Crippen LogP contribution is -2.41. The summed E-state index contributed by atoms with van der Waals surface area (Å²) in [4.78, 5) is 4.16. The quantitative estimate of drug-likeness (QED) is 0.902. The van der Waals surface area contributed by atoms with Crippen LogP contribution in [0.3, 0.4) is 0 Å². The first-order chi connectivity index (χ1) is 8.65. The van der Waals surface area contributed by atoms with Gasteiger partial charge in [-0.15, -0.1) is 0 Å². The molecule has 4 heteroatoms. The largest absolute Gasteiger partial charge is 0.388 e. The third-order valence-corrected chi connectivity index (χ3v) is 5.42. The number of rotatable bonds is 3. The first-order valence-corrected chi connectivity index (χ1v) is 7.43. The second kappa shape index (κ2) is 4.58. The molecule has 4 unspecified atom stereocenters. The lowest BCUT2D eigenvalue weighted by Gasteiger charge is -2.41. The number of hydrogen-bond donors (Lipinski definition) is 2. The van der Waals surface area contributed by atoms with Crippen molar-refractivity contribution in [2.24, 2.45) is 23.0 Å². The molecule has 98 valence electrons. The molecule has 3 N–H and O–H groups in total. The summed E-state index contributed by atoms with van der Waals surface area (Å²) in [5.41, 5.74) is 6.81. The normalized spacial score (nSPS) is 35.9. The molecule has 3 rings (SSSR count). The Morgan fingerprint density at radius 1 is 1.50 bits per heavy atom. The molecule has 0 amide bonds. The van der Waals surface area contributed by atoms with Gasteiger partial charge in [0.25, 0.3) is 0 Å². The van der Waals surface area contributed by atoms with Crippen molar-refractivity contribution >= 4 is 15.9 Å². The number of halogens is 1. The summed E-state index contributed by atoms with van der Waals surface area (Å²) in [6.45, 7) is 0.571. The molecule has 0 spiro atoms. The number of aliphatic hydroxyl groups excluding tert-OH is 1. The molecule has 1 aromatic heterocycles. The fraction of sp³-hybridized carbons (Fsp3) is 0.643. The van der Waals surface area contributed by atoms with E-state index < -0.39 is 6.10 Å². The molecule has 4 atom stereocenters. The smallest absolute Gasteiger partial charge is 0.0876 e. The van der Waals surface area contributed by atoms with Crippen molar-refractivity contribution in [2.75, 3.05) is 6.54 Å². The van der Waals surface area contributed by atoms with Gasteiger partial charge in [0.2, 0.25) is 0 Å². The minimum absolute atomic E-state index is 0.120. The van der Waals surface area contributed by atoms with Gasteiger partial charge in [-0.3, -0.25) is 4.98 Å². The molecule has 0 saturated heterocycles. The Morgan fingerprint density at radius 2 is 2.33 bits per heavy atom. The minimum atomic E-state index is -0.484. The number of aliphatic hydroxyl groups is 1. The van der Waals surface area contributed by atoms with Gasteiger partial charge in [0, 0.05) is 34.4 Å². The van der Waals surface area contributed by atoms with E-state index in [4.69, 9.17) is 5.73 Å². The van der Waals surface area contributed by atoms with E-state index >= 15 is 0 Å². The Labute approximate surface area is 116 Å². The van der Waals surface area contributed by atoms with E-state index in [1.165, 1.54) is 19.3 Å². The van der Waals surface area contributed by atoms with Crippen molar-refractivity contribution in [2.45, 2.75) is 31.8 Å². The predicted molar refractivity (Wildman–Crippen MR) is 73.8 cm³/mol. The van der Waals surface area contributed by atoms with Crippen LogP contribution in [0.2, 0.25) is 0 Å². The number of fused-ring (bicyclic) bond motifs is 2. The summed E-state index contributed by atoms with van der Waals surface area (Å²) in [5.74, 6) is 1.36. The van der Waals surface area contributed by atoms with Crippen LogP contribution in [0.4, 0.5) is 0 Å². The van der Waals surface area contributed by atoms with Gasteiger partial charge < -0.3 is 10.8 Å². The first-order valence-electron chi connectivity index (χ1n) is 6.64. The van der Waals surface area contributed by atoms with E-state index in [0.717, 1.165) is 22.4 Å². The van der Waals surface area contributed by atoms with E-state index in [1.54, 1.807) is 12.4 Å². The lowest BCUT2D eigenvalue weighted by atomic mass is 9.67. The topological polar surface area (TPSA) is 59.1 Å². The van der Waals surface area contributed by atoms with Gasteiger partial charge in [0.05, 0.1) is 6.10 Å². The van der Waals surface area contributed by atoms with Crippen LogP contribution >= 0.6 is 15.9 Å². The summed E-state index contributed by atoms with van der Waals surface area (Å²) in [5, 5.41) is 10.8. The van der Waals surface area contributed by atoms with Gasteiger partial charge in [0.1, 0.15) is 0 Å². The van der Waals surface area contributed by atoms with Crippen LogP contribution in [0.25, 0.3) is 0 Å². The summed E-state index contributed by atoms with van der Waals surface area (Å²) < 4.78 is 0.911. The van der Waals surface area contributed by atoms with Crippen molar-refractivity contribution in [1.82, 2.24) is 4.98 Å². The monoisotopic (exact) mass is 310 g/mol. The van der Waals surface area contributed by atoms with Crippen molar-refractivity contribution in [3.8, 4) is 0 Å². The number of nitrogens with two attached hydrogens (primary N) is 1. The average Bonchev–Trinajstić information content (AvgIpc) is 2.98. The summed E-state index contributed by atoms with van der Waals surface area (Å²) in [6.07, 6.45) is 7.88. The number of hydrogen-bond acceptors (Lipinski definition) is 3. The molecule has 2 fully saturated rings. The van der Waals surface area contributed by atoms with E-state index in [-0.39, 0.29) is 5.41 Å². The van der Waals surface area contributed by atoms with E-state index in [2.05, 4.69) is 20.9 Å². The zero-order valence-corrected chi connectivity index (χ0v) is 11.9. The summed E-state index contributed by atoms with van der Waals surface area (Å²) in [7, 11) is 0. The van der Waals surface area contributed by atoms with Gasteiger partial charge in [-0.2, -0.15) is 0 Å².